The average molecular weight is 352 g/mol. The van der Waals surface area contributed by atoms with E-state index in [4.69, 9.17) is 4.74 Å². The lowest BCUT2D eigenvalue weighted by molar-refractivity contribution is 0.0651. The van der Waals surface area contributed by atoms with Crippen molar-refractivity contribution in [3.63, 3.8) is 0 Å². The summed E-state index contributed by atoms with van der Waals surface area (Å²) >= 11 is 0. The molecule has 1 N–H and O–H groups in total. The summed E-state index contributed by atoms with van der Waals surface area (Å²) in [6.07, 6.45) is 3.83. The topological polar surface area (TPSA) is 75.7 Å². The third-order valence-corrected chi connectivity index (χ3v) is 6.10. The molecule has 3 rings (SSSR count). The lowest BCUT2D eigenvalue weighted by Crippen LogP contribution is -2.42. The van der Waals surface area contributed by atoms with Crippen molar-refractivity contribution in [1.82, 2.24) is 9.62 Å². The number of rotatable bonds is 7. The molecule has 2 fully saturated rings. The van der Waals surface area contributed by atoms with Gasteiger partial charge in [-0.15, -0.1) is 0 Å². The van der Waals surface area contributed by atoms with Crippen molar-refractivity contribution >= 4 is 15.9 Å². The molecule has 2 saturated heterocycles. The molecule has 7 heteroatoms. The first kappa shape index (κ1) is 17.4. The molecule has 132 valence electrons. The van der Waals surface area contributed by atoms with Gasteiger partial charge in [-0.3, -0.25) is 4.79 Å². The molecule has 1 aromatic rings. The Hall–Kier alpha value is -1.44. The average Bonchev–Trinajstić information content (AvgIpc) is 3.03. The van der Waals surface area contributed by atoms with Gasteiger partial charge in [0.15, 0.2) is 0 Å². The molecule has 0 spiro atoms. The predicted octanol–water partition coefficient (Wildman–Crippen LogP) is 1.63. The van der Waals surface area contributed by atoms with Gasteiger partial charge in [-0.25, -0.2) is 13.1 Å². The Morgan fingerprint density at radius 2 is 2.17 bits per heavy atom. The van der Waals surface area contributed by atoms with Crippen LogP contribution >= 0.6 is 0 Å². The van der Waals surface area contributed by atoms with E-state index >= 15 is 0 Å². The van der Waals surface area contributed by atoms with Gasteiger partial charge in [0.1, 0.15) is 0 Å². The van der Waals surface area contributed by atoms with Crippen molar-refractivity contribution in [3.8, 4) is 0 Å². The number of hydrogen-bond donors (Lipinski definition) is 1. The van der Waals surface area contributed by atoms with Crippen molar-refractivity contribution in [2.45, 2.75) is 30.6 Å². The number of nitrogens with zero attached hydrogens (tertiary/aromatic N) is 1. The summed E-state index contributed by atoms with van der Waals surface area (Å²) in [5, 5.41) is 0. The highest BCUT2D eigenvalue weighted by Crippen LogP contribution is 2.19. The second-order valence-electron chi connectivity index (χ2n) is 6.44. The van der Waals surface area contributed by atoms with E-state index in [9.17, 15) is 13.2 Å². The molecule has 0 aliphatic carbocycles. The molecule has 2 aliphatic heterocycles. The third-order valence-electron chi connectivity index (χ3n) is 4.64. The fourth-order valence-electron chi connectivity index (χ4n) is 2.99. The Bertz CT molecular complexity index is 680. The van der Waals surface area contributed by atoms with Gasteiger partial charge in [0, 0.05) is 38.4 Å². The molecule has 1 atom stereocenters. The summed E-state index contributed by atoms with van der Waals surface area (Å²) in [4.78, 5) is 14.1. The van der Waals surface area contributed by atoms with E-state index in [1.165, 1.54) is 12.1 Å². The summed E-state index contributed by atoms with van der Waals surface area (Å²) in [5.41, 5.74) is 0.431. The van der Waals surface area contributed by atoms with E-state index in [0.29, 0.717) is 18.0 Å². The predicted molar refractivity (Wildman–Crippen MR) is 90.3 cm³/mol. The van der Waals surface area contributed by atoms with Gasteiger partial charge in [0.05, 0.1) is 4.90 Å². The van der Waals surface area contributed by atoms with Crippen molar-refractivity contribution in [1.29, 1.82) is 0 Å². The second kappa shape index (κ2) is 7.63. The van der Waals surface area contributed by atoms with E-state index in [1.807, 2.05) is 0 Å². The Morgan fingerprint density at radius 3 is 2.83 bits per heavy atom. The molecule has 0 radical (unpaired) electrons. The Balaban J connectivity index is 1.56. The van der Waals surface area contributed by atoms with Crippen LogP contribution in [0.2, 0.25) is 0 Å². The van der Waals surface area contributed by atoms with Gasteiger partial charge in [-0.05, 0) is 49.8 Å². The maximum Gasteiger partial charge on any atom is 0.253 e. The smallest absolute Gasteiger partial charge is 0.253 e. The molecule has 6 nitrogen and oxygen atoms in total. The van der Waals surface area contributed by atoms with Crippen LogP contribution in [-0.2, 0) is 14.8 Å². The Labute approximate surface area is 143 Å². The van der Waals surface area contributed by atoms with Gasteiger partial charge >= 0.3 is 0 Å². The first-order valence-corrected chi connectivity index (χ1v) is 10.0. The number of ether oxygens (including phenoxy) is 1. The highest BCUT2D eigenvalue weighted by molar-refractivity contribution is 7.89. The minimum Gasteiger partial charge on any atom is -0.381 e. The van der Waals surface area contributed by atoms with Crippen LogP contribution < -0.4 is 4.72 Å². The zero-order valence-electron chi connectivity index (χ0n) is 13.7. The van der Waals surface area contributed by atoms with E-state index in [2.05, 4.69) is 4.72 Å². The molecule has 24 heavy (non-hydrogen) atoms. The van der Waals surface area contributed by atoms with Gasteiger partial charge in [-0.2, -0.15) is 0 Å². The molecular weight excluding hydrogens is 328 g/mol. The van der Waals surface area contributed by atoms with Crippen LogP contribution in [0.1, 0.15) is 36.0 Å². The number of sulfonamides is 1. The van der Waals surface area contributed by atoms with Crippen molar-refractivity contribution in [3.05, 3.63) is 29.8 Å². The number of likely N-dealkylation sites (tertiary alicyclic amines) is 1. The fourth-order valence-corrected chi connectivity index (χ4v) is 4.11. The molecule has 0 saturated carbocycles. The number of amides is 1. The highest BCUT2D eigenvalue weighted by atomic mass is 32.2. The number of nitrogens with one attached hydrogen (secondary N) is 1. The van der Waals surface area contributed by atoms with Crippen molar-refractivity contribution < 1.29 is 17.9 Å². The van der Waals surface area contributed by atoms with E-state index in [1.54, 1.807) is 17.0 Å². The second-order valence-corrected chi connectivity index (χ2v) is 8.21. The van der Waals surface area contributed by atoms with Gasteiger partial charge < -0.3 is 9.64 Å². The first-order valence-electron chi connectivity index (χ1n) is 8.53. The van der Waals surface area contributed by atoms with Crippen LogP contribution in [0.3, 0.4) is 0 Å². The van der Waals surface area contributed by atoms with Crippen LogP contribution in [0.4, 0.5) is 0 Å². The molecule has 0 unspecified atom stereocenters. The first-order chi connectivity index (χ1) is 11.6. The highest BCUT2D eigenvalue weighted by Gasteiger charge is 2.23. The standard InChI is InChI=1S/C17H24N2O4S/c20-17(19-9-3-10-19)15-5-1-6-16(12-15)24(21,22)18-8-2-4-14-7-11-23-13-14/h1,5-6,12,14,18H,2-4,7-11,13H2/t14-/m0/s1. The van der Waals surface area contributed by atoms with Crippen LogP contribution in [0.5, 0.6) is 0 Å². The molecular formula is C17H24N2O4S. The van der Waals surface area contributed by atoms with Gasteiger partial charge in [0.25, 0.3) is 5.91 Å². The Morgan fingerprint density at radius 1 is 1.33 bits per heavy atom. The number of carbonyl (C=O) groups excluding carboxylic acids is 1. The minimum atomic E-state index is -3.58. The summed E-state index contributed by atoms with van der Waals surface area (Å²) in [6.45, 7) is 3.50. The van der Waals surface area contributed by atoms with Gasteiger partial charge in [0.2, 0.25) is 10.0 Å². The lowest BCUT2D eigenvalue weighted by Gasteiger charge is -2.31. The minimum absolute atomic E-state index is 0.0977. The third kappa shape index (κ3) is 4.15. The largest absolute Gasteiger partial charge is 0.381 e. The lowest BCUT2D eigenvalue weighted by atomic mass is 10.0. The van der Waals surface area contributed by atoms with Gasteiger partial charge in [-0.1, -0.05) is 6.07 Å². The zero-order valence-corrected chi connectivity index (χ0v) is 14.6. The van der Waals surface area contributed by atoms with Crippen LogP contribution in [0.15, 0.2) is 29.2 Å². The van der Waals surface area contributed by atoms with Crippen LogP contribution in [0, 0.1) is 5.92 Å². The SMILES string of the molecule is O=C(c1cccc(S(=O)(=O)NCCC[C@H]2CCOC2)c1)N1CCC1. The summed E-state index contributed by atoms with van der Waals surface area (Å²) in [6, 6.07) is 6.28. The zero-order chi connectivity index (χ0) is 17.0. The number of benzene rings is 1. The molecule has 1 aromatic carbocycles. The normalized spacial score (nSPS) is 20.8. The molecule has 1 amide bonds. The summed E-state index contributed by atoms with van der Waals surface area (Å²) in [7, 11) is -3.58. The monoisotopic (exact) mass is 352 g/mol. The number of hydrogen-bond acceptors (Lipinski definition) is 4. The van der Waals surface area contributed by atoms with E-state index < -0.39 is 10.0 Å². The maximum absolute atomic E-state index is 12.4. The van der Waals surface area contributed by atoms with E-state index in [-0.39, 0.29) is 10.8 Å². The summed E-state index contributed by atoms with van der Waals surface area (Å²) < 4.78 is 32.7. The van der Waals surface area contributed by atoms with Crippen molar-refractivity contribution in [2.24, 2.45) is 5.92 Å². The quantitative estimate of drug-likeness (QED) is 0.757. The molecule has 2 heterocycles. The van der Waals surface area contributed by atoms with Crippen molar-refractivity contribution in [2.75, 3.05) is 32.8 Å². The molecule has 0 bridgehead atoms. The van der Waals surface area contributed by atoms with E-state index in [0.717, 1.165) is 52.0 Å². The maximum atomic E-state index is 12.4. The molecule has 2 aliphatic rings. The summed E-state index contributed by atoms with van der Waals surface area (Å²) in [5.74, 6) is 0.450. The van der Waals surface area contributed by atoms with Crippen LogP contribution in [0.25, 0.3) is 0 Å². The Kier molecular flexibility index (Phi) is 5.53. The van der Waals surface area contributed by atoms with Crippen LogP contribution in [-0.4, -0.2) is 52.1 Å². The molecule has 0 aromatic heterocycles. The fraction of sp³-hybridized carbons (Fsp3) is 0.588. The number of carbonyl (C=O) groups is 1.